The fourth-order valence-corrected chi connectivity index (χ4v) is 1.89. The Hall–Kier alpha value is -1.08. The molecule has 7 heteroatoms. The number of aliphatic hydroxyl groups excluding tert-OH is 1. The molecule has 1 heterocycles. The molecular weight excluding hydrogens is 264 g/mol. The SMILES string of the molecule is CCCNc1nc(OC(C)C)nc(SC(C)CO)n1. The molecule has 0 radical (unpaired) electrons. The molecule has 0 saturated carbocycles. The van der Waals surface area contributed by atoms with Crippen LogP contribution >= 0.6 is 11.8 Å². The second-order valence-electron chi connectivity index (χ2n) is 4.43. The predicted octanol–water partition coefficient (Wildman–Crippen LogP) is 1.95. The maximum Gasteiger partial charge on any atom is 0.322 e. The van der Waals surface area contributed by atoms with Gasteiger partial charge in [0.15, 0.2) is 5.16 Å². The summed E-state index contributed by atoms with van der Waals surface area (Å²) in [5.74, 6) is 0.514. The Morgan fingerprint density at radius 2 is 2.00 bits per heavy atom. The van der Waals surface area contributed by atoms with Gasteiger partial charge < -0.3 is 15.2 Å². The van der Waals surface area contributed by atoms with Crippen molar-refractivity contribution in [3.8, 4) is 6.01 Å². The summed E-state index contributed by atoms with van der Waals surface area (Å²) in [4.78, 5) is 12.8. The van der Waals surface area contributed by atoms with Crippen LogP contribution < -0.4 is 10.1 Å². The molecule has 0 spiro atoms. The van der Waals surface area contributed by atoms with Crippen LogP contribution in [-0.4, -0.2) is 44.6 Å². The summed E-state index contributed by atoms with van der Waals surface area (Å²) in [6, 6.07) is 0.316. The van der Waals surface area contributed by atoms with Gasteiger partial charge in [-0.05, 0) is 20.3 Å². The minimum absolute atomic E-state index is 0.00883. The van der Waals surface area contributed by atoms with Gasteiger partial charge in [-0.15, -0.1) is 0 Å². The largest absolute Gasteiger partial charge is 0.461 e. The van der Waals surface area contributed by atoms with Crippen molar-refractivity contribution in [2.24, 2.45) is 0 Å². The predicted molar refractivity (Wildman–Crippen MR) is 76.8 cm³/mol. The first kappa shape index (κ1) is 16.0. The minimum atomic E-state index is 0.00883. The van der Waals surface area contributed by atoms with E-state index >= 15 is 0 Å². The van der Waals surface area contributed by atoms with Crippen LogP contribution in [0.15, 0.2) is 5.16 Å². The zero-order valence-electron chi connectivity index (χ0n) is 11.9. The Bertz CT molecular complexity index is 390. The summed E-state index contributed by atoms with van der Waals surface area (Å²) in [5.41, 5.74) is 0. The molecule has 1 rings (SSSR count). The standard InChI is InChI=1S/C12H22N4O2S/c1-5-6-13-10-14-11(18-8(2)3)16-12(15-10)19-9(4)7-17/h8-9,17H,5-7H2,1-4H3,(H,13,14,15,16). The lowest BCUT2D eigenvalue weighted by molar-refractivity contribution is 0.219. The highest BCUT2D eigenvalue weighted by molar-refractivity contribution is 7.99. The summed E-state index contributed by atoms with van der Waals surface area (Å²) >= 11 is 1.40. The molecule has 1 unspecified atom stereocenters. The monoisotopic (exact) mass is 286 g/mol. The zero-order valence-corrected chi connectivity index (χ0v) is 12.7. The summed E-state index contributed by atoms with van der Waals surface area (Å²) < 4.78 is 5.51. The molecule has 0 aromatic carbocycles. The summed E-state index contributed by atoms with van der Waals surface area (Å²) in [7, 11) is 0. The molecule has 0 aliphatic carbocycles. The van der Waals surface area contributed by atoms with E-state index in [4.69, 9.17) is 9.84 Å². The number of ether oxygens (including phenoxy) is 1. The molecule has 1 aromatic heterocycles. The highest BCUT2D eigenvalue weighted by Crippen LogP contribution is 2.22. The van der Waals surface area contributed by atoms with E-state index < -0.39 is 0 Å². The average molecular weight is 286 g/mol. The van der Waals surface area contributed by atoms with Crippen molar-refractivity contribution in [3.63, 3.8) is 0 Å². The van der Waals surface area contributed by atoms with Crippen molar-refractivity contribution in [3.05, 3.63) is 0 Å². The van der Waals surface area contributed by atoms with E-state index in [1.165, 1.54) is 11.8 Å². The molecular formula is C12H22N4O2S. The van der Waals surface area contributed by atoms with Crippen molar-refractivity contribution < 1.29 is 9.84 Å². The van der Waals surface area contributed by atoms with E-state index in [1.54, 1.807) is 0 Å². The maximum absolute atomic E-state index is 9.08. The zero-order chi connectivity index (χ0) is 14.3. The summed E-state index contributed by atoms with van der Waals surface area (Å²) in [5, 5.41) is 12.8. The van der Waals surface area contributed by atoms with Crippen LogP contribution in [0.4, 0.5) is 5.95 Å². The van der Waals surface area contributed by atoms with Crippen molar-refractivity contribution in [2.75, 3.05) is 18.5 Å². The van der Waals surface area contributed by atoms with Crippen LogP contribution in [0.25, 0.3) is 0 Å². The Balaban J connectivity index is 2.87. The molecule has 0 fully saturated rings. The number of aliphatic hydroxyl groups is 1. The van der Waals surface area contributed by atoms with Gasteiger partial charge in [-0.25, -0.2) is 0 Å². The van der Waals surface area contributed by atoms with E-state index in [9.17, 15) is 0 Å². The number of hydrogen-bond donors (Lipinski definition) is 2. The first-order valence-electron chi connectivity index (χ1n) is 6.49. The average Bonchev–Trinajstić information content (AvgIpc) is 2.35. The maximum atomic E-state index is 9.08. The van der Waals surface area contributed by atoms with E-state index in [2.05, 4.69) is 27.2 Å². The van der Waals surface area contributed by atoms with Crippen LogP contribution in [0, 0.1) is 0 Å². The van der Waals surface area contributed by atoms with Gasteiger partial charge in [-0.2, -0.15) is 15.0 Å². The number of aromatic nitrogens is 3. The third-order valence-electron chi connectivity index (χ3n) is 2.03. The molecule has 0 aliphatic heterocycles. The van der Waals surface area contributed by atoms with Gasteiger partial charge in [-0.1, -0.05) is 25.6 Å². The molecule has 108 valence electrons. The molecule has 1 aromatic rings. The van der Waals surface area contributed by atoms with Gasteiger partial charge in [0.1, 0.15) is 0 Å². The van der Waals surface area contributed by atoms with E-state index in [0.29, 0.717) is 17.1 Å². The quantitative estimate of drug-likeness (QED) is 0.707. The molecule has 19 heavy (non-hydrogen) atoms. The van der Waals surface area contributed by atoms with Crippen LogP contribution in [0.5, 0.6) is 6.01 Å². The topological polar surface area (TPSA) is 80.2 Å². The number of nitrogens with zero attached hydrogens (tertiary/aromatic N) is 3. The number of thioether (sulfide) groups is 1. The van der Waals surface area contributed by atoms with Crippen LogP contribution in [-0.2, 0) is 0 Å². The van der Waals surface area contributed by atoms with Crippen molar-refractivity contribution in [1.82, 2.24) is 15.0 Å². The fourth-order valence-electron chi connectivity index (χ4n) is 1.19. The van der Waals surface area contributed by atoms with E-state index in [-0.39, 0.29) is 18.0 Å². The van der Waals surface area contributed by atoms with Crippen molar-refractivity contribution in [2.45, 2.75) is 50.6 Å². The molecule has 2 N–H and O–H groups in total. The first-order chi connectivity index (χ1) is 9.05. The summed E-state index contributed by atoms with van der Waals surface area (Å²) in [6.07, 6.45) is 0.997. The second kappa shape index (κ2) is 8.16. The minimum Gasteiger partial charge on any atom is -0.461 e. The molecule has 6 nitrogen and oxygen atoms in total. The summed E-state index contributed by atoms with van der Waals surface area (Å²) in [6.45, 7) is 8.71. The fraction of sp³-hybridized carbons (Fsp3) is 0.750. The Morgan fingerprint density at radius 1 is 1.26 bits per heavy atom. The molecule has 0 amide bonds. The molecule has 0 saturated heterocycles. The first-order valence-corrected chi connectivity index (χ1v) is 7.37. The smallest absolute Gasteiger partial charge is 0.322 e. The highest BCUT2D eigenvalue weighted by Gasteiger charge is 2.12. The van der Waals surface area contributed by atoms with Crippen LogP contribution in [0.1, 0.15) is 34.1 Å². The molecule has 0 aliphatic rings. The van der Waals surface area contributed by atoms with E-state index in [0.717, 1.165) is 13.0 Å². The van der Waals surface area contributed by atoms with Crippen LogP contribution in [0.3, 0.4) is 0 Å². The van der Waals surface area contributed by atoms with Crippen molar-refractivity contribution >= 4 is 17.7 Å². The second-order valence-corrected chi connectivity index (χ2v) is 5.83. The number of hydrogen-bond acceptors (Lipinski definition) is 7. The van der Waals surface area contributed by atoms with Gasteiger partial charge >= 0.3 is 6.01 Å². The highest BCUT2D eigenvalue weighted by atomic mass is 32.2. The van der Waals surface area contributed by atoms with Gasteiger partial charge in [0, 0.05) is 11.8 Å². The van der Waals surface area contributed by atoms with Gasteiger partial charge in [0.25, 0.3) is 0 Å². The Morgan fingerprint density at radius 3 is 2.58 bits per heavy atom. The normalized spacial score (nSPS) is 12.5. The number of nitrogens with one attached hydrogen (secondary N) is 1. The third-order valence-corrected chi connectivity index (χ3v) is 2.98. The van der Waals surface area contributed by atoms with Crippen molar-refractivity contribution in [1.29, 1.82) is 0 Å². The number of anilines is 1. The van der Waals surface area contributed by atoms with Gasteiger partial charge in [0.05, 0.1) is 12.7 Å². The third kappa shape index (κ3) is 6.07. The molecule has 1 atom stereocenters. The lowest BCUT2D eigenvalue weighted by atomic mass is 10.5. The molecule has 0 bridgehead atoms. The Labute approximate surface area is 118 Å². The van der Waals surface area contributed by atoms with Gasteiger partial charge in [-0.3, -0.25) is 0 Å². The van der Waals surface area contributed by atoms with E-state index in [1.807, 2.05) is 20.8 Å². The van der Waals surface area contributed by atoms with Crippen LogP contribution in [0.2, 0.25) is 0 Å². The lowest BCUT2D eigenvalue weighted by Gasteiger charge is -2.12. The number of rotatable bonds is 8. The Kier molecular flexibility index (Phi) is 6.86. The lowest BCUT2D eigenvalue weighted by Crippen LogP contribution is -2.13. The van der Waals surface area contributed by atoms with Gasteiger partial charge in [0.2, 0.25) is 5.95 Å².